The van der Waals surface area contributed by atoms with Gasteiger partial charge in [-0.05, 0) is 47.6 Å². The van der Waals surface area contributed by atoms with Gasteiger partial charge in [0.25, 0.3) is 5.91 Å². The molecule has 5 heteroatoms. The van der Waals surface area contributed by atoms with Crippen LogP contribution in [0.3, 0.4) is 0 Å². The second-order valence-corrected chi connectivity index (χ2v) is 6.64. The van der Waals surface area contributed by atoms with Gasteiger partial charge in [-0.25, -0.2) is 0 Å². The van der Waals surface area contributed by atoms with Crippen molar-refractivity contribution >= 4 is 23.2 Å². The van der Waals surface area contributed by atoms with Gasteiger partial charge in [-0.1, -0.05) is 60.7 Å². The lowest BCUT2D eigenvalue weighted by Crippen LogP contribution is -2.38. The maximum Gasteiger partial charge on any atom is 0.257 e. The number of carbonyl (C=O) groups excluding carboxylic acids is 1. The number of amides is 1. The molecule has 0 saturated heterocycles. The van der Waals surface area contributed by atoms with Crippen molar-refractivity contribution < 1.29 is 9.53 Å². The van der Waals surface area contributed by atoms with E-state index in [4.69, 9.17) is 17.0 Å². The molecule has 0 radical (unpaired) electrons. The predicted molar refractivity (Wildman–Crippen MR) is 115 cm³/mol. The first-order valence-corrected chi connectivity index (χ1v) is 9.51. The quantitative estimate of drug-likeness (QED) is 0.596. The molecule has 28 heavy (non-hydrogen) atoms. The molecular weight excluding hydrogens is 368 g/mol. The van der Waals surface area contributed by atoms with Gasteiger partial charge in [-0.2, -0.15) is 0 Å². The van der Waals surface area contributed by atoms with Crippen LogP contribution >= 0.6 is 12.2 Å². The highest BCUT2D eigenvalue weighted by Crippen LogP contribution is 2.13. The molecule has 0 atom stereocenters. The van der Waals surface area contributed by atoms with Crippen molar-refractivity contribution in [2.75, 3.05) is 6.61 Å². The van der Waals surface area contributed by atoms with Gasteiger partial charge in [-0.3, -0.25) is 10.1 Å². The Labute approximate surface area is 170 Å². The molecule has 0 aromatic heterocycles. The van der Waals surface area contributed by atoms with Crippen molar-refractivity contribution in [3.63, 3.8) is 0 Å². The summed E-state index contributed by atoms with van der Waals surface area (Å²) in [5.41, 5.74) is 2.85. The number of rotatable bonds is 7. The lowest BCUT2D eigenvalue weighted by atomic mass is 10.2. The summed E-state index contributed by atoms with van der Waals surface area (Å²) in [7, 11) is 0. The maximum absolute atomic E-state index is 12.3. The van der Waals surface area contributed by atoms with Crippen LogP contribution in [0.1, 0.15) is 21.5 Å². The van der Waals surface area contributed by atoms with E-state index in [9.17, 15) is 4.79 Å². The van der Waals surface area contributed by atoms with E-state index < -0.39 is 0 Å². The summed E-state index contributed by atoms with van der Waals surface area (Å²) in [6, 6.07) is 27.1. The number of thiocarbonyl (C=S) groups is 1. The molecule has 0 heterocycles. The molecular formula is C23H22N2O2S. The Morgan fingerprint density at radius 1 is 0.821 bits per heavy atom. The molecule has 0 saturated carbocycles. The van der Waals surface area contributed by atoms with E-state index in [1.54, 1.807) is 24.3 Å². The van der Waals surface area contributed by atoms with Gasteiger partial charge in [0, 0.05) is 18.5 Å². The summed E-state index contributed by atoms with van der Waals surface area (Å²) in [5, 5.41) is 6.02. The largest absolute Gasteiger partial charge is 0.493 e. The monoisotopic (exact) mass is 390 g/mol. The Kier molecular flexibility index (Phi) is 7.15. The van der Waals surface area contributed by atoms with Crippen LogP contribution in [0.2, 0.25) is 0 Å². The van der Waals surface area contributed by atoms with Gasteiger partial charge in [0.2, 0.25) is 0 Å². The molecule has 3 aromatic rings. The molecule has 142 valence electrons. The third-order valence-corrected chi connectivity index (χ3v) is 4.39. The van der Waals surface area contributed by atoms with Crippen molar-refractivity contribution in [3.05, 3.63) is 102 Å². The molecule has 0 aliphatic carbocycles. The average Bonchev–Trinajstić information content (AvgIpc) is 2.74. The van der Waals surface area contributed by atoms with Crippen LogP contribution in [0.5, 0.6) is 5.75 Å². The Balaban J connectivity index is 1.43. The van der Waals surface area contributed by atoms with Crippen LogP contribution in [0, 0.1) is 0 Å². The van der Waals surface area contributed by atoms with Crippen molar-refractivity contribution in [1.29, 1.82) is 0 Å². The molecule has 0 unspecified atom stereocenters. The first-order chi connectivity index (χ1) is 13.7. The van der Waals surface area contributed by atoms with Crippen molar-refractivity contribution in [3.8, 4) is 5.75 Å². The normalized spacial score (nSPS) is 10.1. The minimum absolute atomic E-state index is 0.249. The highest BCUT2D eigenvalue weighted by molar-refractivity contribution is 7.80. The zero-order valence-electron chi connectivity index (χ0n) is 15.4. The molecule has 0 bridgehead atoms. The summed E-state index contributed by atoms with van der Waals surface area (Å²) in [5.74, 6) is 0.485. The molecule has 3 rings (SSSR count). The Morgan fingerprint density at radius 2 is 1.43 bits per heavy atom. The number of hydrogen-bond acceptors (Lipinski definition) is 3. The highest BCUT2D eigenvalue weighted by atomic mass is 32.1. The summed E-state index contributed by atoms with van der Waals surface area (Å²) in [6.45, 7) is 1.15. The van der Waals surface area contributed by atoms with Crippen LogP contribution in [0.15, 0.2) is 84.9 Å². The molecule has 0 aliphatic heterocycles. The SMILES string of the molecule is O=C(NC(=S)NCc1ccccc1)c1ccc(OCCc2ccccc2)cc1. The maximum atomic E-state index is 12.3. The Bertz CT molecular complexity index is 897. The predicted octanol–water partition coefficient (Wildman–Crippen LogP) is 4.11. The van der Waals surface area contributed by atoms with E-state index in [1.165, 1.54) is 5.56 Å². The first kappa shape index (κ1) is 19.6. The fourth-order valence-electron chi connectivity index (χ4n) is 2.63. The second kappa shape index (κ2) is 10.2. The smallest absolute Gasteiger partial charge is 0.257 e. The molecule has 1 amide bonds. The van der Waals surface area contributed by atoms with E-state index >= 15 is 0 Å². The summed E-state index contributed by atoms with van der Waals surface area (Å²) in [6.07, 6.45) is 0.838. The van der Waals surface area contributed by atoms with Gasteiger partial charge in [0.1, 0.15) is 5.75 Å². The van der Waals surface area contributed by atoms with E-state index in [0.717, 1.165) is 17.7 Å². The van der Waals surface area contributed by atoms with Crippen LogP contribution in [-0.2, 0) is 13.0 Å². The van der Waals surface area contributed by atoms with Gasteiger partial charge in [-0.15, -0.1) is 0 Å². The summed E-state index contributed by atoms with van der Waals surface area (Å²) < 4.78 is 5.74. The minimum atomic E-state index is -0.249. The van der Waals surface area contributed by atoms with E-state index in [-0.39, 0.29) is 5.91 Å². The lowest BCUT2D eigenvalue weighted by molar-refractivity contribution is 0.0976. The van der Waals surface area contributed by atoms with E-state index in [0.29, 0.717) is 23.8 Å². The van der Waals surface area contributed by atoms with Crippen LogP contribution in [-0.4, -0.2) is 17.6 Å². The molecule has 2 N–H and O–H groups in total. The molecule has 3 aromatic carbocycles. The standard InChI is InChI=1S/C23H22N2O2S/c26-22(25-23(28)24-17-19-9-5-2-6-10-19)20-11-13-21(14-12-20)27-16-15-18-7-3-1-4-8-18/h1-14H,15-17H2,(H2,24,25,26,28). The van der Waals surface area contributed by atoms with Gasteiger partial charge in [0.05, 0.1) is 6.61 Å². The van der Waals surface area contributed by atoms with Crippen LogP contribution < -0.4 is 15.4 Å². The fourth-order valence-corrected chi connectivity index (χ4v) is 2.80. The lowest BCUT2D eigenvalue weighted by Gasteiger charge is -2.10. The summed E-state index contributed by atoms with van der Waals surface area (Å²) in [4.78, 5) is 12.3. The topological polar surface area (TPSA) is 50.4 Å². The van der Waals surface area contributed by atoms with Crippen LogP contribution in [0.4, 0.5) is 0 Å². The van der Waals surface area contributed by atoms with Gasteiger partial charge in [0.15, 0.2) is 5.11 Å². The van der Waals surface area contributed by atoms with Gasteiger partial charge < -0.3 is 10.1 Å². The van der Waals surface area contributed by atoms with Crippen molar-refractivity contribution in [2.24, 2.45) is 0 Å². The summed E-state index contributed by atoms with van der Waals surface area (Å²) >= 11 is 5.19. The average molecular weight is 391 g/mol. The van der Waals surface area contributed by atoms with Crippen molar-refractivity contribution in [1.82, 2.24) is 10.6 Å². The van der Waals surface area contributed by atoms with E-state index in [2.05, 4.69) is 22.8 Å². The zero-order valence-corrected chi connectivity index (χ0v) is 16.2. The fraction of sp³-hybridized carbons (Fsp3) is 0.130. The first-order valence-electron chi connectivity index (χ1n) is 9.10. The number of benzene rings is 3. The van der Waals surface area contributed by atoms with Crippen LogP contribution in [0.25, 0.3) is 0 Å². The number of hydrogen-bond donors (Lipinski definition) is 2. The van der Waals surface area contributed by atoms with Gasteiger partial charge >= 0.3 is 0 Å². The van der Waals surface area contributed by atoms with E-state index in [1.807, 2.05) is 48.5 Å². The Morgan fingerprint density at radius 3 is 2.07 bits per heavy atom. The number of ether oxygens (including phenoxy) is 1. The Hall–Kier alpha value is -3.18. The number of carbonyl (C=O) groups is 1. The second-order valence-electron chi connectivity index (χ2n) is 6.23. The molecule has 4 nitrogen and oxygen atoms in total. The molecule has 0 spiro atoms. The minimum Gasteiger partial charge on any atom is -0.493 e. The highest BCUT2D eigenvalue weighted by Gasteiger charge is 2.08. The zero-order chi connectivity index (χ0) is 19.6. The third-order valence-electron chi connectivity index (χ3n) is 4.14. The molecule has 0 aliphatic rings. The number of nitrogens with one attached hydrogen (secondary N) is 2. The van der Waals surface area contributed by atoms with Crippen molar-refractivity contribution in [2.45, 2.75) is 13.0 Å². The third kappa shape index (κ3) is 6.21. The molecule has 0 fully saturated rings.